The van der Waals surface area contributed by atoms with E-state index in [0.29, 0.717) is 35.2 Å². The molecule has 0 bridgehead atoms. The number of benzene rings is 3. The highest BCUT2D eigenvalue weighted by Crippen LogP contribution is 2.49. The van der Waals surface area contributed by atoms with Crippen molar-refractivity contribution in [3.05, 3.63) is 78.5 Å². The van der Waals surface area contributed by atoms with Crippen molar-refractivity contribution in [2.45, 2.75) is 32.1 Å². The number of hydrogen-bond acceptors (Lipinski definition) is 8. The Morgan fingerprint density at radius 3 is 2.33 bits per heavy atom. The number of nitrogens with two attached hydrogens (primary N) is 1. The maximum Gasteiger partial charge on any atom is 0.247 e. The number of aromatic nitrogens is 1. The Morgan fingerprint density at radius 2 is 1.69 bits per heavy atom. The number of hydroxylamine groups is 1. The minimum absolute atomic E-state index is 0.101. The third-order valence-electron chi connectivity index (χ3n) is 7.48. The summed E-state index contributed by atoms with van der Waals surface area (Å²) in [6.45, 7) is 0.284. The van der Waals surface area contributed by atoms with Crippen LogP contribution in [0.1, 0.15) is 32.1 Å². The second-order valence-corrected chi connectivity index (χ2v) is 10.4. The summed E-state index contributed by atoms with van der Waals surface area (Å²) in [7, 11) is 1.47. The molecule has 1 heterocycles. The van der Waals surface area contributed by atoms with E-state index in [4.69, 9.17) is 25.2 Å². The number of anilines is 2. The molecule has 234 valence electrons. The van der Waals surface area contributed by atoms with E-state index in [-0.39, 0.29) is 48.7 Å². The van der Waals surface area contributed by atoms with E-state index in [1.165, 1.54) is 37.6 Å². The minimum atomic E-state index is -1.41. The average Bonchev–Trinajstić information content (AvgIpc) is 3.85. The number of ether oxygens (including phenoxy) is 3. The highest BCUT2D eigenvalue weighted by Gasteiger charge is 2.57. The van der Waals surface area contributed by atoms with Crippen LogP contribution >= 0.6 is 0 Å². The lowest BCUT2D eigenvalue weighted by Crippen LogP contribution is -2.41. The van der Waals surface area contributed by atoms with Gasteiger partial charge in [0.05, 0.1) is 24.9 Å². The SMILES string of the molecule is COc1cc2c(Oc3ccc(N(C(=O)C4(C(N)=O)CC4)c4ccc(F)cc4)cc3F)ccnc2cc1OCCCCC(=O)NO. The Morgan fingerprint density at radius 1 is 0.956 bits per heavy atom. The molecule has 3 amide bonds. The number of methoxy groups -OCH3 is 1. The number of nitrogens with one attached hydrogen (secondary N) is 1. The summed E-state index contributed by atoms with van der Waals surface area (Å²) in [4.78, 5) is 42.4. The summed E-state index contributed by atoms with van der Waals surface area (Å²) in [5.74, 6) is -2.31. The van der Waals surface area contributed by atoms with E-state index in [0.717, 1.165) is 23.1 Å². The maximum absolute atomic E-state index is 15.6. The first-order valence-corrected chi connectivity index (χ1v) is 14.1. The normalized spacial score (nSPS) is 13.2. The molecule has 0 saturated heterocycles. The number of primary amides is 1. The third kappa shape index (κ3) is 6.63. The monoisotopic (exact) mass is 620 g/mol. The van der Waals surface area contributed by atoms with E-state index in [1.54, 1.807) is 23.7 Å². The van der Waals surface area contributed by atoms with Crippen LogP contribution in [0.4, 0.5) is 20.2 Å². The van der Waals surface area contributed by atoms with E-state index < -0.39 is 34.8 Å². The zero-order valence-electron chi connectivity index (χ0n) is 24.2. The van der Waals surface area contributed by atoms with Crippen molar-refractivity contribution in [1.82, 2.24) is 10.5 Å². The molecule has 0 radical (unpaired) electrons. The second-order valence-electron chi connectivity index (χ2n) is 10.4. The zero-order valence-corrected chi connectivity index (χ0v) is 24.2. The zero-order chi connectivity index (χ0) is 32.1. The Kier molecular flexibility index (Phi) is 9.09. The van der Waals surface area contributed by atoms with Crippen LogP contribution in [-0.2, 0) is 14.4 Å². The summed E-state index contributed by atoms with van der Waals surface area (Å²) in [6, 6.07) is 13.8. The van der Waals surface area contributed by atoms with Crippen molar-refractivity contribution < 1.29 is 42.6 Å². The van der Waals surface area contributed by atoms with E-state index >= 15 is 4.39 Å². The van der Waals surface area contributed by atoms with Gasteiger partial charge in [-0.25, -0.2) is 14.3 Å². The summed E-state index contributed by atoms with van der Waals surface area (Å²) in [6.07, 6.45) is 3.22. The highest BCUT2D eigenvalue weighted by atomic mass is 19.1. The van der Waals surface area contributed by atoms with Gasteiger partial charge in [0, 0.05) is 35.8 Å². The van der Waals surface area contributed by atoms with Gasteiger partial charge < -0.3 is 19.9 Å². The van der Waals surface area contributed by atoms with Crippen LogP contribution in [0, 0.1) is 17.0 Å². The number of rotatable bonds is 13. The molecule has 1 aromatic heterocycles. The molecule has 0 aliphatic heterocycles. The van der Waals surface area contributed by atoms with Gasteiger partial charge in [-0.3, -0.25) is 29.5 Å². The Labute approximate surface area is 256 Å². The summed E-state index contributed by atoms with van der Waals surface area (Å²) in [5.41, 5.74) is 6.53. The van der Waals surface area contributed by atoms with Gasteiger partial charge in [-0.2, -0.15) is 0 Å². The molecule has 13 heteroatoms. The summed E-state index contributed by atoms with van der Waals surface area (Å²) in [5, 5.41) is 9.10. The van der Waals surface area contributed by atoms with Crippen molar-refractivity contribution >= 4 is 40.0 Å². The third-order valence-corrected chi connectivity index (χ3v) is 7.48. The number of amides is 3. The fraction of sp³-hybridized carbons (Fsp3) is 0.250. The van der Waals surface area contributed by atoms with E-state index in [1.807, 2.05) is 0 Å². The lowest BCUT2D eigenvalue weighted by molar-refractivity contribution is -0.133. The number of carbonyl (C=O) groups excluding carboxylic acids is 3. The van der Waals surface area contributed by atoms with E-state index in [9.17, 15) is 18.8 Å². The largest absolute Gasteiger partial charge is 0.493 e. The van der Waals surface area contributed by atoms with Gasteiger partial charge in [-0.05, 0) is 74.2 Å². The number of nitrogens with zero attached hydrogens (tertiary/aromatic N) is 2. The number of hydrogen-bond donors (Lipinski definition) is 3. The predicted octanol–water partition coefficient (Wildman–Crippen LogP) is 5.30. The molecule has 0 atom stereocenters. The maximum atomic E-state index is 15.6. The van der Waals surface area contributed by atoms with E-state index in [2.05, 4.69) is 4.98 Å². The number of halogens is 2. The van der Waals surface area contributed by atoms with Gasteiger partial charge in [0.1, 0.15) is 17.0 Å². The van der Waals surface area contributed by atoms with Crippen molar-refractivity contribution in [3.8, 4) is 23.0 Å². The van der Waals surface area contributed by atoms with Crippen LogP contribution in [0.25, 0.3) is 10.9 Å². The quantitative estimate of drug-likeness (QED) is 0.0788. The molecular formula is C32H30F2N4O7. The first kappa shape index (κ1) is 31.1. The Bertz CT molecular complexity index is 1750. The average molecular weight is 621 g/mol. The molecule has 3 aromatic carbocycles. The minimum Gasteiger partial charge on any atom is -0.493 e. The number of carbonyl (C=O) groups is 3. The van der Waals surface area contributed by atoms with Crippen LogP contribution in [0.5, 0.6) is 23.0 Å². The van der Waals surface area contributed by atoms with Crippen molar-refractivity contribution in [2.24, 2.45) is 11.1 Å². The van der Waals surface area contributed by atoms with Crippen molar-refractivity contribution in [3.63, 3.8) is 0 Å². The molecule has 1 aliphatic carbocycles. The number of pyridine rings is 1. The molecule has 0 spiro atoms. The first-order valence-electron chi connectivity index (χ1n) is 14.1. The van der Waals surface area contributed by atoms with Crippen LogP contribution in [0.2, 0.25) is 0 Å². The van der Waals surface area contributed by atoms with Gasteiger partial charge in [-0.1, -0.05) is 0 Å². The van der Waals surface area contributed by atoms with Gasteiger partial charge >= 0.3 is 0 Å². The lowest BCUT2D eigenvalue weighted by Gasteiger charge is -2.26. The van der Waals surface area contributed by atoms with Crippen LogP contribution in [-0.4, -0.2) is 41.6 Å². The molecule has 0 unspecified atom stereocenters. The first-order chi connectivity index (χ1) is 21.7. The molecular weight excluding hydrogens is 590 g/mol. The van der Waals surface area contributed by atoms with Gasteiger partial charge in [0.25, 0.3) is 0 Å². The summed E-state index contributed by atoms with van der Waals surface area (Å²) >= 11 is 0. The molecule has 11 nitrogen and oxygen atoms in total. The van der Waals surface area contributed by atoms with Gasteiger partial charge in [0.15, 0.2) is 23.1 Å². The van der Waals surface area contributed by atoms with Gasteiger partial charge in [0.2, 0.25) is 17.7 Å². The number of fused-ring (bicyclic) bond motifs is 1. The van der Waals surface area contributed by atoms with Crippen LogP contribution in [0.15, 0.2) is 66.9 Å². The fourth-order valence-corrected chi connectivity index (χ4v) is 4.82. The molecule has 4 N–H and O–H groups in total. The standard InChI is InChI=1S/C32H30F2N4O7/c1-43-27-17-22-24(18-28(27)44-15-3-2-4-29(39)37-42)36-14-11-25(22)45-26-10-9-21(16-23(26)34)38(20-7-5-19(33)6-8-20)31(41)32(12-13-32)30(35)40/h5-11,14,16-18,42H,2-4,12-13,15H2,1H3,(H2,35,40)(H,37,39). The van der Waals surface area contributed by atoms with Gasteiger partial charge in [-0.15, -0.1) is 0 Å². The fourth-order valence-electron chi connectivity index (χ4n) is 4.82. The Hall–Kier alpha value is -5.30. The smallest absolute Gasteiger partial charge is 0.247 e. The molecule has 1 aliphatic rings. The van der Waals surface area contributed by atoms with Crippen molar-refractivity contribution in [1.29, 1.82) is 0 Å². The molecule has 1 fully saturated rings. The molecule has 5 rings (SSSR count). The molecule has 45 heavy (non-hydrogen) atoms. The predicted molar refractivity (Wildman–Crippen MR) is 158 cm³/mol. The summed E-state index contributed by atoms with van der Waals surface area (Å²) < 4.78 is 46.5. The number of unbranched alkanes of at least 4 members (excludes halogenated alkanes) is 1. The molecule has 1 saturated carbocycles. The highest BCUT2D eigenvalue weighted by molar-refractivity contribution is 6.16. The second kappa shape index (κ2) is 13.1. The van der Waals surface area contributed by atoms with Crippen molar-refractivity contribution in [2.75, 3.05) is 18.6 Å². The molecule has 4 aromatic rings. The lowest BCUT2D eigenvalue weighted by atomic mass is 10.0. The topological polar surface area (TPSA) is 153 Å². The van der Waals surface area contributed by atoms with Crippen LogP contribution < -0.4 is 30.3 Å². The Balaban J connectivity index is 1.40. The van der Waals surface area contributed by atoms with Crippen LogP contribution in [0.3, 0.4) is 0 Å².